The Kier molecular flexibility index (Phi) is 5.56. The van der Waals surface area contributed by atoms with Crippen molar-refractivity contribution in [2.24, 2.45) is 5.92 Å². The number of benzene rings is 1. The number of hydrogen-bond acceptors (Lipinski definition) is 7. The molecule has 1 atom stereocenters. The van der Waals surface area contributed by atoms with E-state index < -0.39 is 0 Å². The molecule has 1 aromatic carbocycles. The van der Waals surface area contributed by atoms with Crippen LogP contribution in [-0.2, 0) is 17.6 Å². The Hall–Kier alpha value is -2.98. The standard InChI is InChI=1S/C22H22N6O2S2/c1-12-3-6-14(7-4-12)20(30)26-24-17(29)10-31-22-27-25-19-18-15-8-5-13(2)9-16(15)32-21(18)23-11-28(19)22/h3-4,6-7,11,13H,5,8-10H2,1-2H3,(H,24,29)(H,26,30)/t13-/m1/s1. The maximum atomic E-state index is 12.2. The fraction of sp³-hybridized carbons (Fsp3) is 0.318. The lowest BCUT2D eigenvalue weighted by atomic mass is 9.89. The molecule has 0 saturated heterocycles. The zero-order valence-corrected chi connectivity index (χ0v) is 19.3. The van der Waals surface area contributed by atoms with Crippen molar-refractivity contribution in [1.29, 1.82) is 0 Å². The minimum atomic E-state index is -0.362. The molecule has 0 spiro atoms. The molecular weight excluding hydrogens is 444 g/mol. The molecule has 2 amide bonds. The van der Waals surface area contributed by atoms with Gasteiger partial charge in [0.2, 0.25) is 5.91 Å². The summed E-state index contributed by atoms with van der Waals surface area (Å²) in [5, 5.41) is 10.4. The summed E-state index contributed by atoms with van der Waals surface area (Å²) in [5.41, 5.74) is 8.57. The minimum Gasteiger partial charge on any atom is -0.272 e. The maximum absolute atomic E-state index is 12.2. The molecular formula is C22H22N6O2S2. The van der Waals surface area contributed by atoms with E-state index in [4.69, 9.17) is 0 Å². The van der Waals surface area contributed by atoms with Crippen LogP contribution in [-0.4, -0.2) is 37.1 Å². The number of aromatic nitrogens is 4. The lowest BCUT2D eigenvalue weighted by Gasteiger charge is -2.17. The highest BCUT2D eigenvalue weighted by Gasteiger charge is 2.24. The number of carbonyl (C=O) groups excluding carboxylic acids is 2. The quantitative estimate of drug-likeness (QED) is 0.353. The van der Waals surface area contributed by atoms with E-state index in [1.165, 1.54) is 28.6 Å². The molecule has 32 heavy (non-hydrogen) atoms. The van der Waals surface area contributed by atoms with Crippen molar-refractivity contribution in [3.8, 4) is 0 Å². The number of hydrogen-bond donors (Lipinski definition) is 2. The van der Waals surface area contributed by atoms with Gasteiger partial charge in [-0.1, -0.05) is 36.4 Å². The maximum Gasteiger partial charge on any atom is 0.269 e. The number of nitrogens with one attached hydrogen (secondary N) is 2. The summed E-state index contributed by atoms with van der Waals surface area (Å²) >= 11 is 3.00. The van der Waals surface area contributed by atoms with Crippen molar-refractivity contribution < 1.29 is 9.59 Å². The molecule has 1 aliphatic rings. The number of fused-ring (bicyclic) bond motifs is 5. The number of thiophene rings is 1. The lowest BCUT2D eigenvalue weighted by molar-refractivity contribution is -0.119. The molecule has 0 saturated carbocycles. The van der Waals surface area contributed by atoms with Crippen molar-refractivity contribution in [1.82, 2.24) is 30.4 Å². The first kappa shape index (κ1) is 20.9. The summed E-state index contributed by atoms with van der Waals surface area (Å²) in [6, 6.07) is 7.12. The number of nitrogens with zero attached hydrogens (tertiary/aromatic N) is 4. The molecule has 0 unspecified atom stereocenters. The summed E-state index contributed by atoms with van der Waals surface area (Å²) in [5.74, 6) is 0.0925. The zero-order valence-electron chi connectivity index (χ0n) is 17.7. The SMILES string of the molecule is Cc1ccc(C(=O)NNC(=O)CSc2nnc3c4c5c(sc4ncn23)C[C@H](C)CC5)cc1. The van der Waals surface area contributed by atoms with Crippen LogP contribution in [0.1, 0.15) is 39.7 Å². The number of rotatable bonds is 4. The molecule has 4 aromatic rings. The van der Waals surface area contributed by atoms with Gasteiger partial charge in [-0.05, 0) is 49.8 Å². The highest BCUT2D eigenvalue weighted by Crippen LogP contribution is 2.39. The van der Waals surface area contributed by atoms with Crippen LogP contribution in [0.3, 0.4) is 0 Å². The van der Waals surface area contributed by atoms with Crippen LogP contribution in [0, 0.1) is 12.8 Å². The zero-order chi connectivity index (χ0) is 22.2. The third-order valence-electron chi connectivity index (χ3n) is 5.63. The van der Waals surface area contributed by atoms with E-state index in [1.54, 1.807) is 29.8 Å². The summed E-state index contributed by atoms with van der Waals surface area (Å²) in [6.07, 6.45) is 5.02. The normalized spacial score (nSPS) is 15.6. The number of amides is 2. The van der Waals surface area contributed by atoms with Gasteiger partial charge in [0.15, 0.2) is 10.8 Å². The van der Waals surface area contributed by atoms with Crippen LogP contribution < -0.4 is 10.9 Å². The summed E-state index contributed by atoms with van der Waals surface area (Å²) in [6.45, 7) is 4.24. The molecule has 0 radical (unpaired) electrons. The second-order valence-electron chi connectivity index (χ2n) is 8.11. The molecule has 3 aromatic heterocycles. The Morgan fingerprint density at radius 1 is 1.22 bits per heavy atom. The summed E-state index contributed by atoms with van der Waals surface area (Å²) < 4.78 is 1.84. The fourth-order valence-corrected chi connectivity index (χ4v) is 5.94. The van der Waals surface area contributed by atoms with Gasteiger partial charge in [0.25, 0.3) is 5.91 Å². The molecule has 3 heterocycles. The van der Waals surface area contributed by atoms with E-state index in [0.29, 0.717) is 16.6 Å². The Labute approximate surface area is 192 Å². The smallest absolute Gasteiger partial charge is 0.269 e. The van der Waals surface area contributed by atoms with Crippen molar-refractivity contribution in [3.05, 3.63) is 52.2 Å². The first-order valence-corrected chi connectivity index (χ1v) is 12.2. The van der Waals surface area contributed by atoms with Gasteiger partial charge < -0.3 is 0 Å². The summed E-state index contributed by atoms with van der Waals surface area (Å²) in [4.78, 5) is 31.4. The molecule has 5 rings (SSSR count). The highest BCUT2D eigenvalue weighted by atomic mass is 32.2. The summed E-state index contributed by atoms with van der Waals surface area (Å²) in [7, 11) is 0. The number of thioether (sulfide) groups is 1. The monoisotopic (exact) mass is 466 g/mol. The van der Waals surface area contributed by atoms with E-state index in [1.807, 2.05) is 23.5 Å². The van der Waals surface area contributed by atoms with E-state index in [0.717, 1.165) is 34.3 Å². The largest absolute Gasteiger partial charge is 0.272 e. The van der Waals surface area contributed by atoms with Crippen LogP contribution in [0.4, 0.5) is 0 Å². The molecule has 0 fully saturated rings. The van der Waals surface area contributed by atoms with Crippen molar-refractivity contribution in [2.45, 2.75) is 38.3 Å². The predicted octanol–water partition coefficient (Wildman–Crippen LogP) is 3.33. The van der Waals surface area contributed by atoms with Gasteiger partial charge in [0, 0.05) is 10.4 Å². The van der Waals surface area contributed by atoms with Crippen LogP contribution in [0.15, 0.2) is 35.7 Å². The molecule has 1 aliphatic carbocycles. The molecule has 0 aliphatic heterocycles. The van der Waals surface area contributed by atoms with Crippen LogP contribution in [0.5, 0.6) is 0 Å². The third-order valence-corrected chi connectivity index (χ3v) is 7.74. The number of carbonyl (C=O) groups is 2. The molecule has 2 N–H and O–H groups in total. The van der Waals surface area contributed by atoms with Gasteiger partial charge >= 0.3 is 0 Å². The Balaban J connectivity index is 1.26. The van der Waals surface area contributed by atoms with Gasteiger partial charge in [0.05, 0.1) is 11.1 Å². The lowest BCUT2D eigenvalue weighted by Crippen LogP contribution is -2.42. The molecule has 164 valence electrons. The minimum absolute atomic E-state index is 0.0896. The topological polar surface area (TPSA) is 101 Å². The Bertz CT molecular complexity index is 1330. The van der Waals surface area contributed by atoms with E-state index in [9.17, 15) is 9.59 Å². The average molecular weight is 467 g/mol. The van der Waals surface area contributed by atoms with E-state index in [2.05, 4.69) is 33.0 Å². The average Bonchev–Trinajstić information content (AvgIpc) is 3.36. The number of hydrazine groups is 1. The van der Waals surface area contributed by atoms with Crippen LogP contribution in [0.25, 0.3) is 15.9 Å². The second kappa shape index (κ2) is 8.51. The van der Waals surface area contributed by atoms with Gasteiger partial charge in [-0.15, -0.1) is 21.5 Å². The number of aryl methyl sites for hydroxylation is 2. The van der Waals surface area contributed by atoms with E-state index >= 15 is 0 Å². The van der Waals surface area contributed by atoms with Crippen molar-refractivity contribution in [2.75, 3.05) is 5.75 Å². The molecule has 0 bridgehead atoms. The first-order valence-electron chi connectivity index (χ1n) is 10.4. The van der Waals surface area contributed by atoms with Gasteiger partial charge in [-0.3, -0.25) is 24.8 Å². The predicted molar refractivity (Wildman–Crippen MR) is 125 cm³/mol. The van der Waals surface area contributed by atoms with Gasteiger partial charge in [-0.25, -0.2) is 4.98 Å². The highest BCUT2D eigenvalue weighted by molar-refractivity contribution is 7.99. The van der Waals surface area contributed by atoms with Gasteiger partial charge in [0.1, 0.15) is 11.2 Å². The Morgan fingerprint density at radius 2 is 2.03 bits per heavy atom. The van der Waals surface area contributed by atoms with Gasteiger partial charge in [-0.2, -0.15) is 0 Å². The van der Waals surface area contributed by atoms with Crippen molar-refractivity contribution >= 4 is 50.8 Å². The fourth-order valence-electron chi connectivity index (χ4n) is 3.89. The third kappa shape index (κ3) is 3.95. The molecule has 8 nitrogen and oxygen atoms in total. The Morgan fingerprint density at radius 3 is 2.84 bits per heavy atom. The first-order chi connectivity index (χ1) is 15.5. The van der Waals surface area contributed by atoms with Crippen LogP contribution in [0.2, 0.25) is 0 Å². The second-order valence-corrected chi connectivity index (χ2v) is 10.1. The van der Waals surface area contributed by atoms with Crippen LogP contribution >= 0.6 is 23.1 Å². The van der Waals surface area contributed by atoms with E-state index in [-0.39, 0.29) is 17.6 Å². The molecule has 10 heteroatoms. The van der Waals surface area contributed by atoms with Crippen molar-refractivity contribution in [3.63, 3.8) is 0 Å².